The van der Waals surface area contributed by atoms with Gasteiger partial charge in [-0.1, -0.05) is 18.2 Å². The Balaban J connectivity index is 2.15. The molecule has 0 spiro atoms. The molecule has 1 aromatic carbocycles. The van der Waals surface area contributed by atoms with E-state index < -0.39 is 11.2 Å². The number of allylic oxidation sites excluding steroid dienone is 1. The molecule has 0 radical (unpaired) electrons. The first-order chi connectivity index (χ1) is 10.5. The van der Waals surface area contributed by atoms with Gasteiger partial charge in [-0.2, -0.15) is 0 Å². The van der Waals surface area contributed by atoms with Gasteiger partial charge in [0, 0.05) is 19.7 Å². The average molecular weight is 300 g/mol. The number of para-hydroxylation sites is 1. The van der Waals surface area contributed by atoms with Crippen molar-refractivity contribution in [3.63, 3.8) is 0 Å². The van der Waals surface area contributed by atoms with E-state index in [0.29, 0.717) is 17.2 Å². The number of hydrogen-bond donors (Lipinski definition) is 0. The van der Waals surface area contributed by atoms with E-state index in [1.165, 1.54) is 11.6 Å². The lowest BCUT2D eigenvalue weighted by atomic mass is 10.1. The smallest absolute Gasteiger partial charge is 0.331 e. The molecule has 0 unspecified atom stereocenters. The first-order valence-corrected chi connectivity index (χ1v) is 6.86. The average Bonchev–Trinajstić information content (AvgIpc) is 2.53. The molecule has 1 aliphatic rings. The lowest BCUT2D eigenvalue weighted by molar-refractivity contribution is 0.265. The second-order valence-corrected chi connectivity index (χ2v) is 5.14. The van der Waals surface area contributed by atoms with Crippen LogP contribution in [0.5, 0.6) is 11.5 Å². The lowest BCUT2D eigenvalue weighted by Gasteiger charge is -2.23. The van der Waals surface area contributed by atoms with Crippen LogP contribution in [0.15, 0.2) is 45.7 Å². The highest BCUT2D eigenvalue weighted by molar-refractivity contribution is 5.69. The monoisotopic (exact) mass is 300 g/mol. The predicted molar refractivity (Wildman–Crippen MR) is 82.1 cm³/mol. The lowest BCUT2D eigenvalue weighted by Crippen LogP contribution is -2.40. The summed E-state index contributed by atoms with van der Waals surface area (Å²) < 4.78 is 13.8. The third kappa shape index (κ3) is 2.13. The fourth-order valence-corrected chi connectivity index (χ4v) is 2.48. The minimum absolute atomic E-state index is 0.154. The van der Waals surface area contributed by atoms with Gasteiger partial charge >= 0.3 is 5.69 Å². The molecule has 0 bridgehead atoms. The van der Waals surface area contributed by atoms with Crippen molar-refractivity contribution in [3.8, 4) is 11.5 Å². The van der Waals surface area contributed by atoms with E-state index in [2.05, 4.69) is 0 Å². The van der Waals surface area contributed by atoms with E-state index in [4.69, 9.17) is 9.47 Å². The van der Waals surface area contributed by atoms with Gasteiger partial charge in [0.25, 0.3) is 5.56 Å². The molecule has 0 saturated heterocycles. The van der Waals surface area contributed by atoms with Crippen LogP contribution in [-0.2, 0) is 14.1 Å². The van der Waals surface area contributed by atoms with Crippen LogP contribution < -0.4 is 20.7 Å². The molecule has 0 N–H and O–H groups in total. The fraction of sp³-hybridized carbons (Fsp3) is 0.250. The van der Waals surface area contributed by atoms with Crippen molar-refractivity contribution in [1.82, 2.24) is 9.13 Å². The molecule has 6 nitrogen and oxygen atoms in total. The highest BCUT2D eigenvalue weighted by Gasteiger charge is 2.26. The van der Waals surface area contributed by atoms with Gasteiger partial charge in [0.05, 0.1) is 5.69 Å². The standard InChI is InChI=1S/C16H16N2O4/c1-10-12(22-11-7-5-4-6-8-11)9-21-14-13(10)17(2)16(20)18(3)15(14)19/h4-8H,9H2,1-3H3. The summed E-state index contributed by atoms with van der Waals surface area (Å²) in [6.45, 7) is 1.97. The van der Waals surface area contributed by atoms with Crippen molar-refractivity contribution in [1.29, 1.82) is 0 Å². The third-order valence-electron chi connectivity index (χ3n) is 3.73. The summed E-state index contributed by atoms with van der Waals surface area (Å²) in [5.74, 6) is 1.45. The fourth-order valence-electron chi connectivity index (χ4n) is 2.48. The number of hydrogen-bond acceptors (Lipinski definition) is 4. The summed E-state index contributed by atoms with van der Waals surface area (Å²) in [5.41, 5.74) is 0.358. The Morgan fingerprint density at radius 3 is 2.45 bits per heavy atom. The second kappa shape index (κ2) is 5.22. The van der Waals surface area contributed by atoms with E-state index >= 15 is 0 Å². The molecule has 1 aliphatic heterocycles. The number of aromatic nitrogens is 2. The number of benzene rings is 1. The van der Waals surface area contributed by atoms with Crippen LogP contribution in [0, 0.1) is 0 Å². The van der Waals surface area contributed by atoms with Crippen LogP contribution in [0.3, 0.4) is 0 Å². The zero-order valence-electron chi connectivity index (χ0n) is 12.6. The summed E-state index contributed by atoms with van der Waals surface area (Å²) >= 11 is 0. The van der Waals surface area contributed by atoms with Crippen LogP contribution >= 0.6 is 0 Å². The molecule has 0 fully saturated rings. The molecule has 0 atom stereocenters. The van der Waals surface area contributed by atoms with Gasteiger partial charge in [-0.3, -0.25) is 13.9 Å². The molecule has 0 amide bonds. The third-order valence-corrected chi connectivity index (χ3v) is 3.73. The van der Waals surface area contributed by atoms with E-state index in [1.807, 2.05) is 37.3 Å². The van der Waals surface area contributed by atoms with Gasteiger partial charge < -0.3 is 9.47 Å². The van der Waals surface area contributed by atoms with Crippen molar-refractivity contribution in [2.75, 3.05) is 6.61 Å². The summed E-state index contributed by atoms with van der Waals surface area (Å²) in [7, 11) is 3.04. The van der Waals surface area contributed by atoms with Crippen LogP contribution in [-0.4, -0.2) is 15.7 Å². The highest BCUT2D eigenvalue weighted by atomic mass is 16.5. The topological polar surface area (TPSA) is 62.5 Å². The van der Waals surface area contributed by atoms with Gasteiger partial charge in [0.2, 0.25) is 5.75 Å². The number of ether oxygens (including phenoxy) is 2. The van der Waals surface area contributed by atoms with Gasteiger partial charge in [0.1, 0.15) is 18.1 Å². The van der Waals surface area contributed by atoms with E-state index in [0.717, 1.165) is 10.1 Å². The summed E-state index contributed by atoms with van der Waals surface area (Å²) in [6, 6.07) is 9.30. The Morgan fingerprint density at radius 2 is 1.77 bits per heavy atom. The summed E-state index contributed by atoms with van der Waals surface area (Å²) in [5, 5.41) is 0. The Bertz CT molecular complexity index is 875. The molecule has 1 aromatic heterocycles. The van der Waals surface area contributed by atoms with E-state index in [1.54, 1.807) is 7.05 Å². The predicted octanol–water partition coefficient (Wildman–Crippen LogP) is 1.29. The van der Waals surface area contributed by atoms with Crippen LogP contribution in [0.2, 0.25) is 0 Å². The number of nitrogens with zero attached hydrogens (tertiary/aromatic N) is 2. The molecule has 0 saturated carbocycles. The summed E-state index contributed by atoms with van der Waals surface area (Å²) in [4.78, 5) is 24.2. The van der Waals surface area contributed by atoms with E-state index in [-0.39, 0.29) is 12.4 Å². The van der Waals surface area contributed by atoms with Crippen LogP contribution in [0.25, 0.3) is 5.57 Å². The second-order valence-electron chi connectivity index (χ2n) is 5.14. The molecule has 6 heteroatoms. The first kappa shape index (κ1) is 14.2. The Hall–Kier alpha value is -2.76. The number of rotatable bonds is 2. The maximum Gasteiger partial charge on any atom is 0.331 e. The molecule has 3 rings (SSSR count). The maximum atomic E-state index is 12.2. The SMILES string of the molecule is CC1=C(Oc2ccccc2)COc2c1n(C)c(=O)n(C)c2=O. The zero-order chi connectivity index (χ0) is 15.9. The van der Waals surface area contributed by atoms with Gasteiger partial charge in [0.15, 0.2) is 0 Å². The van der Waals surface area contributed by atoms with E-state index in [9.17, 15) is 9.59 Å². The minimum Gasteiger partial charge on any atom is -0.478 e. The molecule has 22 heavy (non-hydrogen) atoms. The molecule has 114 valence electrons. The molecule has 2 heterocycles. The van der Waals surface area contributed by atoms with Crippen molar-refractivity contribution in [2.45, 2.75) is 6.92 Å². The summed E-state index contributed by atoms with van der Waals surface area (Å²) in [6.07, 6.45) is 0. The minimum atomic E-state index is -0.434. The van der Waals surface area contributed by atoms with Crippen molar-refractivity contribution in [2.24, 2.45) is 14.1 Å². The molecule has 2 aromatic rings. The Kier molecular flexibility index (Phi) is 3.36. The number of fused-ring (bicyclic) bond motifs is 1. The molecular weight excluding hydrogens is 284 g/mol. The van der Waals surface area contributed by atoms with Gasteiger partial charge in [-0.05, 0) is 19.1 Å². The Labute approximate surface area is 126 Å². The normalized spacial score (nSPS) is 13.6. The van der Waals surface area contributed by atoms with Crippen molar-refractivity contribution in [3.05, 3.63) is 62.6 Å². The Morgan fingerprint density at radius 1 is 1.09 bits per heavy atom. The largest absolute Gasteiger partial charge is 0.478 e. The molecule has 0 aliphatic carbocycles. The first-order valence-electron chi connectivity index (χ1n) is 6.86. The van der Waals surface area contributed by atoms with Crippen molar-refractivity contribution >= 4 is 5.57 Å². The maximum absolute atomic E-state index is 12.2. The van der Waals surface area contributed by atoms with Gasteiger partial charge in [-0.25, -0.2) is 4.79 Å². The molecular formula is C16H16N2O4. The zero-order valence-corrected chi connectivity index (χ0v) is 12.6. The quantitative estimate of drug-likeness (QED) is 0.838. The van der Waals surface area contributed by atoms with Crippen molar-refractivity contribution < 1.29 is 9.47 Å². The van der Waals surface area contributed by atoms with Crippen LogP contribution in [0.4, 0.5) is 0 Å². The highest BCUT2D eigenvalue weighted by Crippen LogP contribution is 2.30. The van der Waals surface area contributed by atoms with Crippen LogP contribution in [0.1, 0.15) is 12.6 Å². The van der Waals surface area contributed by atoms with Gasteiger partial charge in [-0.15, -0.1) is 0 Å².